The molecule has 2 rings (SSSR count). The lowest BCUT2D eigenvalue weighted by Crippen LogP contribution is -1.81. The number of hydrogen-bond donors (Lipinski definition) is 0. The minimum Gasteiger partial charge on any atom is -0.0651 e. The second-order valence-corrected chi connectivity index (χ2v) is 6.15. The molecule has 2 aromatic rings. The van der Waals surface area contributed by atoms with E-state index >= 15 is 0 Å². The van der Waals surface area contributed by atoms with Crippen LogP contribution in [-0.2, 0) is 6.42 Å². The van der Waals surface area contributed by atoms with Crippen molar-refractivity contribution in [2.75, 3.05) is 0 Å². The Hall–Kier alpha value is -0.860. The standard InChI is InChI=1S/C15H16S2/c1-2-6-13-9-11-15(12-10-13)17-16-14-7-4-3-5-8-14/h3-5,7-12H,2,6H2,1H3. The zero-order valence-electron chi connectivity index (χ0n) is 9.93. The van der Waals surface area contributed by atoms with Gasteiger partial charge < -0.3 is 0 Å². The summed E-state index contributed by atoms with van der Waals surface area (Å²) < 4.78 is 0. The largest absolute Gasteiger partial charge is 0.0651 e. The van der Waals surface area contributed by atoms with Crippen molar-refractivity contribution in [1.29, 1.82) is 0 Å². The lowest BCUT2D eigenvalue weighted by atomic mass is 10.1. The minimum absolute atomic E-state index is 1.18. The molecule has 2 aromatic carbocycles. The van der Waals surface area contributed by atoms with Gasteiger partial charge in [-0.1, -0.05) is 65.3 Å². The molecular formula is C15H16S2. The fourth-order valence-corrected chi connectivity index (χ4v) is 3.52. The predicted molar refractivity (Wildman–Crippen MR) is 78.6 cm³/mol. The second-order valence-electron chi connectivity index (χ2n) is 3.87. The van der Waals surface area contributed by atoms with Crippen LogP contribution in [0.3, 0.4) is 0 Å². The molecule has 17 heavy (non-hydrogen) atoms. The van der Waals surface area contributed by atoms with Crippen molar-refractivity contribution in [3.8, 4) is 0 Å². The molecule has 0 N–H and O–H groups in total. The van der Waals surface area contributed by atoms with Gasteiger partial charge in [0.15, 0.2) is 0 Å². The molecule has 0 radical (unpaired) electrons. The minimum atomic E-state index is 1.18. The first-order valence-electron chi connectivity index (χ1n) is 5.87. The molecule has 0 aromatic heterocycles. The molecule has 0 amide bonds. The van der Waals surface area contributed by atoms with E-state index in [-0.39, 0.29) is 0 Å². The van der Waals surface area contributed by atoms with Crippen LogP contribution in [0.25, 0.3) is 0 Å². The molecule has 0 bridgehead atoms. The summed E-state index contributed by atoms with van der Waals surface area (Å²) in [5, 5.41) is 0. The molecule has 0 nitrogen and oxygen atoms in total. The molecule has 0 atom stereocenters. The van der Waals surface area contributed by atoms with Gasteiger partial charge in [0.2, 0.25) is 0 Å². The van der Waals surface area contributed by atoms with E-state index in [0.29, 0.717) is 0 Å². The molecule has 0 fully saturated rings. The van der Waals surface area contributed by atoms with Gasteiger partial charge in [0.1, 0.15) is 0 Å². The van der Waals surface area contributed by atoms with Gasteiger partial charge in [-0.05, 0) is 36.2 Å². The fourth-order valence-electron chi connectivity index (χ4n) is 1.57. The van der Waals surface area contributed by atoms with Gasteiger partial charge in [-0.15, -0.1) is 0 Å². The molecule has 0 aliphatic rings. The Morgan fingerprint density at radius 3 is 1.94 bits per heavy atom. The molecule has 0 heterocycles. The van der Waals surface area contributed by atoms with Gasteiger partial charge in [0.25, 0.3) is 0 Å². The zero-order chi connectivity index (χ0) is 11.9. The Balaban J connectivity index is 1.91. The van der Waals surface area contributed by atoms with Gasteiger partial charge in [-0.25, -0.2) is 0 Å². The van der Waals surface area contributed by atoms with Crippen LogP contribution in [0.5, 0.6) is 0 Å². The zero-order valence-corrected chi connectivity index (χ0v) is 11.6. The Morgan fingerprint density at radius 1 is 0.765 bits per heavy atom. The summed E-state index contributed by atoms with van der Waals surface area (Å²) in [5.74, 6) is 0. The Labute approximate surface area is 111 Å². The van der Waals surface area contributed by atoms with Crippen LogP contribution in [0.2, 0.25) is 0 Å². The molecule has 2 heteroatoms. The van der Waals surface area contributed by atoms with Crippen molar-refractivity contribution in [2.45, 2.75) is 29.6 Å². The molecule has 0 saturated carbocycles. The highest BCUT2D eigenvalue weighted by Gasteiger charge is 1.97. The highest BCUT2D eigenvalue weighted by molar-refractivity contribution is 8.76. The molecule has 0 saturated heterocycles. The van der Waals surface area contributed by atoms with Crippen LogP contribution >= 0.6 is 21.6 Å². The number of rotatable bonds is 5. The highest BCUT2D eigenvalue weighted by Crippen LogP contribution is 2.37. The summed E-state index contributed by atoms with van der Waals surface area (Å²) in [7, 11) is 3.63. The third-order valence-corrected chi connectivity index (χ3v) is 4.86. The van der Waals surface area contributed by atoms with Crippen LogP contribution in [-0.4, -0.2) is 0 Å². The maximum atomic E-state index is 2.23. The summed E-state index contributed by atoms with van der Waals surface area (Å²) in [4.78, 5) is 2.62. The molecule has 0 spiro atoms. The summed E-state index contributed by atoms with van der Waals surface area (Å²) >= 11 is 0. The SMILES string of the molecule is CCCc1ccc(SSc2ccccc2)cc1. The van der Waals surface area contributed by atoms with Crippen LogP contribution in [0.15, 0.2) is 64.4 Å². The van der Waals surface area contributed by atoms with Crippen molar-refractivity contribution in [2.24, 2.45) is 0 Å². The summed E-state index contributed by atoms with van der Waals surface area (Å²) in [6, 6.07) is 19.4. The Bertz CT molecular complexity index is 434. The van der Waals surface area contributed by atoms with Crippen LogP contribution in [0.4, 0.5) is 0 Å². The van der Waals surface area contributed by atoms with E-state index in [1.54, 1.807) is 0 Å². The van der Waals surface area contributed by atoms with Gasteiger partial charge >= 0.3 is 0 Å². The van der Waals surface area contributed by atoms with E-state index in [1.165, 1.54) is 28.2 Å². The van der Waals surface area contributed by atoms with Crippen molar-refractivity contribution >= 4 is 21.6 Å². The maximum Gasteiger partial charge on any atom is 0.0186 e. The van der Waals surface area contributed by atoms with E-state index < -0.39 is 0 Å². The first kappa shape index (κ1) is 12.6. The fraction of sp³-hybridized carbons (Fsp3) is 0.200. The molecule has 0 unspecified atom stereocenters. The van der Waals surface area contributed by atoms with Gasteiger partial charge in [0.05, 0.1) is 0 Å². The quantitative estimate of drug-likeness (QED) is 0.657. The molecular weight excluding hydrogens is 244 g/mol. The first-order valence-corrected chi connectivity index (χ1v) is 8.02. The first-order chi connectivity index (χ1) is 8.38. The summed E-state index contributed by atoms with van der Waals surface area (Å²) in [6.07, 6.45) is 2.39. The maximum absolute atomic E-state index is 2.23. The van der Waals surface area contributed by atoms with E-state index in [4.69, 9.17) is 0 Å². The summed E-state index contributed by atoms with van der Waals surface area (Å²) in [6.45, 7) is 2.22. The number of benzene rings is 2. The van der Waals surface area contributed by atoms with Gasteiger partial charge in [-0.2, -0.15) is 0 Å². The monoisotopic (exact) mass is 260 g/mol. The Kier molecular flexibility index (Phi) is 5.02. The van der Waals surface area contributed by atoms with Crippen molar-refractivity contribution in [1.82, 2.24) is 0 Å². The predicted octanol–water partition coefficient (Wildman–Crippen LogP) is 5.44. The van der Waals surface area contributed by atoms with E-state index in [1.807, 2.05) is 27.7 Å². The topological polar surface area (TPSA) is 0 Å². The second kappa shape index (κ2) is 6.77. The van der Waals surface area contributed by atoms with Crippen molar-refractivity contribution < 1.29 is 0 Å². The normalized spacial score (nSPS) is 10.4. The van der Waals surface area contributed by atoms with Crippen molar-refractivity contribution in [3.63, 3.8) is 0 Å². The summed E-state index contributed by atoms with van der Waals surface area (Å²) in [5.41, 5.74) is 1.43. The van der Waals surface area contributed by atoms with Crippen LogP contribution in [0, 0.1) is 0 Å². The molecule has 88 valence electrons. The van der Waals surface area contributed by atoms with E-state index in [2.05, 4.69) is 55.5 Å². The van der Waals surface area contributed by atoms with Gasteiger partial charge in [-0.3, -0.25) is 0 Å². The average Bonchev–Trinajstić information content (AvgIpc) is 2.40. The lowest BCUT2D eigenvalue weighted by Gasteiger charge is -2.02. The average molecular weight is 260 g/mol. The lowest BCUT2D eigenvalue weighted by molar-refractivity contribution is 0.920. The van der Waals surface area contributed by atoms with Crippen molar-refractivity contribution in [3.05, 3.63) is 60.2 Å². The molecule has 0 aliphatic heterocycles. The van der Waals surface area contributed by atoms with E-state index in [0.717, 1.165) is 0 Å². The number of hydrogen-bond acceptors (Lipinski definition) is 2. The number of aryl methyl sites for hydroxylation is 1. The highest BCUT2D eigenvalue weighted by atomic mass is 33.1. The third-order valence-electron chi connectivity index (χ3n) is 2.44. The van der Waals surface area contributed by atoms with Crippen LogP contribution in [0.1, 0.15) is 18.9 Å². The third kappa shape index (κ3) is 4.14. The smallest absolute Gasteiger partial charge is 0.0186 e. The van der Waals surface area contributed by atoms with Crippen LogP contribution < -0.4 is 0 Å². The molecule has 0 aliphatic carbocycles. The Morgan fingerprint density at radius 2 is 1.35 bits per heavy atom. The van der Waals surface area contributed by atoms with E-state index in [9.17, 15) is 0 Å². The van der Waals surface area contributed by atoms with Gasteiger partial charge in [0, 0.05) is 9.79 Å².